The van der Waals surface area contributed by atoms with Crippen LogP contribution in [0.25, 0.3) is 16.6 Å². The highest BCUT2D eigenvalue weighted by Gasteiger charge is 2.41. The third-order valence-electron chi connectivity index (χ3n) is 5.06. The third kappa shape index (κ3) is 2.97. The molecule has 1 aromatic carbocycles. The number of nitrogens with zero attached hydrogens (tertiary/aromatic N) is 5. The summed E-state index contributed by atoms with van der Waals surface area (Å²) >= 11 is 0. The van der Waals surface area contributed by atoms with Gasteiger partial charge in [-0.2, -0.15) is 10.4 Å². The Morgan fingerprint density at radius 2 is 1.96 bits per heavy atom. The van der Waals surface area contributed by atoms with E-state index in [-0.39, 0.29) is 11.8 Å². The molecule has 3 aromatic heterocycles. The van der Waals surface area contributed by atoms with Gasteiger partial charge in [0.15, 0.2) is 11.6 Å². The quantitative estimate of drug-likeness (QED) is 0.577. The topological polar surface area (TPSA) is 78.9 Å². The van der Waals surface area contributed by atoms with E-state index in [0.29, 0.717) is 6.54 Å². The maximum Gasteiger partial charge on any atom is 0.156 e. The minimum absolute atomic E-state index is 0.0187. The van der Waals surface area contributed by atoms with Crippen molar-refractivity contribution in [2.45, 2.75) is 18.9 Å². The lowest BCUT2D eigenvalue weighted by Crippen LogP contribution is -2.09. The fraction of sp³-hybridized carbons (Fsp3) is 0.182. The van der Waals surface area contributed by atoms with E-state index in [9.17, 15) is 5.26 Å². The van der Waals surface area contributed by atoms with Crippen molar-refractivity contribution in [3.63, 3.8) is 0 Å². The lowest BCUT2D eigenvalue weighted by atomic mass is 10.1. The zero-order valence-electron chi connectivity index (χ0n) is 15.2. The molecule has 2 atom stereocenters. The maximum absolute atomic E-state index is 9.19. The number of pyridine rings is 1. The molecular formula is C22H18N6. The molecule has 0 aliphatic heterocycles. The van der Waals surface area contributed by atoms with Gasteiger partial charge in [0, 0.05) is 23.9 Å². The molecular weight excluding hydrogens is 348 g/mol. The van der Waals surface area contributed by atoms with E-state index < -0.39 is 0 Å². The van der Waals surface area contributed by atoms with E-state index in [1.165, 1.54) is 0 Å². The first-order valence-corrected chi connectivity index (χ1v) is 9.31. The van der Waals surface area contributed by atoms with E-state index in [2.05, 4.69) is 34.6 Å². The molecule has 28 heavy (non-hydrogen) atoms. The molecule has 5 rings (SSSR count). The molecule has 0 radical (unpaired) electrons. The number of nitriles is 1. The normalized spacial score (nSPS) is 18.0. The van der Waals surface area contributed by atoms with Gasteiger partial charge in [-0.3, -0.25) is 4.98 Å². The van der Waals surface area contributed by atoms with Gasteiger partial charge in [0.25, 0.3) is 0 Å². The van der Waals surface area contributed by atoms with Crippen LogP contribution >= 0.6 is 0 Å². The van der Waals surface area contributed by atoms with Crippen molar-refractivity contribution in [1.29, 1.82) is 5.26 Å². The average molecular weight is 366 g/mol. The Hall–Kier alpha value is -3.72. The van der Waals surface area contributed by atoms with Crippen molar-refractivity contribution in [2.75, 3.05) is 5.32 Å². The van der Waals surface area contributed by atoms with E-state index in [1.54, 1.807) is 6.20 Å². The van der Waals surface area contributed by atoms with Gasteiger partial charge in [0.05, 0.1) is 24.2 Å². The molecule has 6 heteroatoms. The number of fused-ring (bicyclic) bond motifs is 1. The molecule has 2 unspecified atom stereocenters. The van der Waals surface area contributed by atoms with E-state index in [0.717, 1.165) is 40.4 Å². The zero-order valence-corrected chi connectivity index (χ0v) is 15.2. The van der Waals surface area contributed by atoms with Crippen LogP contribution in [0, 0.1) is 17.2 Å². The first kappa shape index (κ1) is 16.5. The predicted molar refractivity (Wildman–Crippen MR) is 106 cm³/mol. The van der Waals surface area contributed by atoms with Gasteiger partial charge in [-0.25, -0.2) is 9.50 Å². The lowest BCUT2D eigenvalue weighted by Gasteiger charge is -2.11. The van der Waals surface area contributed by atoms with E-state index in [4.69, 9.17) is 10.1 Å². The van der Waals surface area contributed by atoms with Crippen LogP contribution in [0.15, 0.2) is 67.0 Å². The first-order chi connectivity index (χ1) is 13.8. The molecule has 0 bridgehead atoms. The molecule has 0 amide bonds. The molecule has 6 nitrogen and oxygen atoms in total. The maximum atomic E-state index is 9.19. The second-order valence-electron chi connectivity index (χ2n) is 6.96. The van der Waals surface area contributed by atoms with Gasteiger partial charge in [0.2, 0.25) is 0 Å². The van der Waals surface area contributed by atoms with Gasteiger partial charge in [0.1, 0.15) is 5.52 Å². The second-order valence-corrected chi connectivity index (χ2v) is 6.96. The summed E-state index contributed by atoms with van der Waals surface area (Å²) < 4.78 is 1.87. The first-order valence-electron chi connectivity index (χ1n) is 9.31. The minimum atomic E-state index is 0.0187. The smallest absolute Gasteiger partial charge is 0.156 e. The largest absolute Gasteiger partial charge is 0.363 e. The Morgan fingerprint density at radius 3 is 2.71 bits per heavy atom. The Labute approximate surface area is 162 Å². The van der Waals surface area contributed by atoms with Crippen LogP contribution in [0.1, 0.15) is 23.9 Å². The Kier molecular flexibility index (Phi) is 3.99. The Balaban J connectivity index is 1.59. The second kappa shape index (κ2) is 6.78. The molecule has 1 aliphatic carbocycles. The van der Waals surface area contributed by atoms with Crippen molar-refractivity contribution in [2.24, 2.45) is 5.92 Å². The Bertz CT molecular complexity index is 1160. The number of aromatic nitrogens is 4. The summed E-state index contributed by atoms with van der Waals surface area (Å²) in [4.78, 5) is 9.19. The standard InChI is InChI=1S/C22H18N6/c23-13-16-12-19(16)21-26-22(25-14-17-8-4-5-10-24-17)20-18(9-11-28(20)27-21)15-6-2-1-3-7-15/h1-11,16,19H,12,14H2,(H,25,26,27). The molecule has 1 N–H and O–H groups in total. The Morgan fingerprint density at radius 1 is 1.11 bits per heavy atom. The van der Waals surface area contributed by atoms with Crippen LogP contribution in [0.3, 0.4) is 0 Å². The van der Waals surface area contributed by atoms with Gasteiger partial charge in [-0.05, 0) is 30.2 Å². The molecule has 3 heterocycles. The molecule has 1 aliphatic rings. The van der Waals surface area contributed by atoms with Gasteiger partial charge in [-0.15, -0.1) is 0 Å². The third-order valence-corrected chi connectivity index (χ3v) is 5.06. The van der Waals surface area contributed by atoms with E-state index in [1.807, 2.05) is 47.1 Å². The van der Waals surface area contributed by atoms with Gasteiger partial charge >= 0.3 is 0 Å². The highest BCUT2D eigenvalue weighted by molar-refractivity contribution is 5.88. The molecule has 0 spiro atoms. The highest BCUT2D eigenvalue weighted by Crippen LogP contribution is 2.46. The van der Waals surface area contributed by atoms with Crippen molar-refractivity contribution in [3.05, 3.63) is 78.5 Å². The van der Waals surface area contributed by atoms with Crippen LogP contribution in [0.5, 0.6) is 0 Å². The molecule has 1 fully saturated rings. The number of anilines is 1. The van der Waals surface area contributed by atoms with Crippen LogP contribution in [0.4, 0.5) is 5.82 Å². The zero-order chi connectivity index (χ0) is 18.9. The SMILES string of the molecule is N#CC1CC1c1nc(NCc2ccccn2)c2c(-c3ccccc3)ccn2n1. The summed E-state index contributed by atoms with van der Waals surface area (Å²) in [6, 6.07) is 20.5. The summed E-state index contributed by atoms with van der Waals surface area (Å²) in [6.45, 7) is 0.568. The molecule has 1 saturated carbocycles. The lowest BCUT2D eigenvalue weighted by molar-refractivity contribution is 0.790. The average Bonchev–Trinajstić information content (AvgIpc) is 3.43. The number of hydrogen-bond acceptors (Lipinski definition) is 5. The summed E-state index contributed by atoms with van der Waals surface area (Å²) in [5.41, 5.74) is 4.06. The molecule has 136 valence electrons. The fourth-order valence-corrected chi connectivity index (χ4v) is 3.47. The number of hydrogen-bond donors (Lipinski definition) is 1. The molecule has 4 aromatic rings. The summed E-state index contributed by atoms with van der Waals surface area (Å²) in [5.74, 6) is 1.62. The summed E-state index contributed by atoms with van der Waals surface area (Å²) in [6.07, 6.45) is 4.57. The van der Waals surface area contributed by atoms with Crippen LogP contribution < -0.4 is 5.32 Å². The van der Waals surface area contributed by atoms with Crippen LogP contribution in [0.2, 0.25) is 0 Å². The van der Waals surface area contributed by atoms with Crippen LogP contribution in [-0.2, 0) is 6.54 Å². The predicted octanol–water partition coefficient (Wildman–Crippen LogP) is 4.03. The number of rotatable bonds is 5. The summed E-state index contributed by atoms with van der Waals surface area (Å²) in [5, 5.41) is 17.3. The molecule has 0 saturated heterocycles. The van der Waals surface area contributed by atoms with Crippen LogP contribution in [-0.4, -0.2) is 19.6 Å². The minimum Gasteiger partial charge on any atom is -0.363 e. The summed E-state index contributed by atoms with van der Waals surface area (Å²) in [7, 11) is 0. The van der Waals surface area contributed by atoms with Crippen molar-refractivity contribution >= 4 is 11.3 Å². The monoisotopic (exact) mass is 366 g/mol. The van der Waals surface area contributed by atoms with Crippen molar-refractivity contribution < 1.29 is 0 Å². The number of nitrogens with one attached hydrogen (secondary N) is 1. The highest BCUT2D eigenvalue weighted by atomic mass is 15.3. The van der Waals surface area contributed by atoms with Gasteiger partial charge in [-0.1, -0.05) is 36.4 Å². The fourth-order valence-electron chi connectivity index (χ4n) is 3.47. The van der Waals surface area contributed by atoms with Gasteiger partial charge < -0.3 is 5.32 Å². The van der Waals surface area contributed by atoms with Crippen molar-refractivity contribution in [1.82, 2.24) is 19.6 Å². The van der Waals surface area contributed by atoms with Crippen molar-refractivity contribution in [3.8, 4) is 17.2 Å². The van der Waals surface area contributed by atoms with E-state index >= 15 is 0 Å². The number of benzene rings is 1.